The largest absolute Gasteiger partial charge is 0.377 e. The second-order valence-corrected chi connectivity index (χ2v) is 10.9. The molecule has 6 rings (SSSR count). The number of aromatic nitrogens is 4. The summed E-state index contributed by atoms with van der Waals surface area (Å²) in [7, 11) is 0. The van der Waals surface area contributed by atoms with Gasteiger partial charge in [0.25, 0.3) is 0 Å². The number of piperidine rings is 1. The maximum atomic E-state index is 5.86. The van der Waals surface area contributed by atoms with E-state index in [2.05, 4.69) is 74.1 Å². The molecule has 0 N–H and O–H groups in total. The predicted molar refractivity (Wildman–Crippen MR) is 144 cm³/mol. The average molecular weight is 500 g/mol. The lowest BCUT2D eigenvalue weighted by molar-refractivity contribution is 0.129. The molecular weight excluding hydrogens is 466 g/mol. The summed E-state index contributed by atoms with van der Waals surface area (Å²) in [6, 6.07) is 21.3. The van der Waals surface area contributed by atoms with Crippen molar-refractivity contribution in [3.63, 3.8) is 0 Å². The molecule has 7 heteroatoms. The van der Waals surface area contributed by atoms with Gasteiger partial charge in [-0.25, -0.2) is 0 Å². The summed E-state index contributed by atoms with van der Waals surface area (Å²) in [6.07, 6.45) is 6.75. The number of benzene rings is 2. The SMILES string of the molecule is c1ccc(Cn2c(SC[C@H]3CCCO3)nnc2C2CCN(Cc3cccc4cccnc34)CC2)cc1. The summed E-state index contributed by atoms with van der Waals surface area (Å²) >= 11 is 1.80. The smallest absolute Gasteiger partial charge is 0.191 e. The molecule has 0 saturated carbocycles. The van der Waals surface area contributed by atoms with Crippen molar-refractivity contribution in [3.8, 4) is 0 Å². The molecular formula is C29H33N5OS. The van der Waals surface area contributed by atoms with Crippen LogP contribution in [0.2, 0.25) is 0 Å². The molecule has 4 aromatic rings. The van der Waals surface area contributed by atoms with Gasteiger partial charge in [-0.1, -0.05) is 66.4 Å². The first-order chi connectivity index (χ1) is 17.8. The molecule has 2 saturated heterocycles. The molecule has 2 aliphatic rings. The molecule has 0 amide bonds. The van der Waals surface area contributed by atoms with Crippen molar-refractivity contribution in [2.75, 3.05) is 25.4 Å². The van der Waals surface area contributed by atoms with Crippen LogP contribution in [0.4, 0.5) is 0 Å². The van der Waals surface area contributed by atoms with Crippen molar-refractivity contribution < 1.29 is 4.74 Å². The minimum atomic E-state index is 0.340. The molecule has 2 aliphatic heterocycles. The van der Waals surface area contributed by atoms with Crippen LogP contribution in [0.5, 0.6) is 0 Å². The lowest BCUT2D eigenvalue weighted by atomic mass is 9.95. The number of hydrogen-bond donors (Lipinski definition) is 0. The van der Waals surface area contributed by atoms with Crippen molar-refractivity contribution in [2.45, 2.75) is 56.0 Å². The number of para-hydroxylation sites is 1. The molecule has 1 atom stereocenters. The van der Waals surface area contributed by atoms with Gasteiger partial charge in [0.1, 0.15) is 5.82 Å². The minimum absolute atomic E-state index is 0.340. The maximum Gasteiger partial charge on any atom is 0.191 e. The Kier molecular flexibility index (Phi) is 7.30. The number of thioether (sulfide) groups is 1. The van der Waals surface area contributed by atoms with Crippen LogP contribution in [0, 0.1) is 0 Å². The predicted octanol–water partition coefficient (Wildman–Crippen LogP) is 5.53. The lowest BCUT2D eigenvalue weighted by Gasteiger charge is -2.32. The first-order valence-corrected chi connectivity index (χ1v) is 14.1. The van der Waals surface area contributed by atoms with Gasteiger partial charge in [0.05, 0.1) is 18.2 Å². The van der Waals surface area contributed by atoms with E-state index in [0.29, 0.717) is 12.0 Å². The van der Waals surface area contributed by atoms with Gasteiger partial charge in [0.2, 0.25) is 0 Å². The monoisotopic (exact) mass is 499 g/mol. The molecule has 6 nitrogen and oxygen atoms in total. The average Bonchev–Trinajstić information content (AvgIpc) is 3.59. The molecule has 0 spiro atoms. The quantitative estimate of drug-likeness (QED) is 0.297. The zero-order valence-corrected chi connectivity index (χ0v) is 21.4. The molecule has 0 unspecified atom stereocenters. The van der Waals surface area contributed by atoms with E-state index in [0.717, 1.165) is 74.3 Å². The highest BCUT2D eigenvalue weighted by molar-refractivity contribution is 7.99. The second-order valence-electron chi connectivity index (χ2n) is 9.90. The van der Waals surface area contributed by atoms with Crippen molar-refractivity contribution in [2.24, 2.45) is 0 Å². The minimum Gasteiger partial charge on any atom is -0.377 e. The Labute approximate surface area is 217 Å². The molecule has 2 aromatic carbocycles. The van der Waals surface area contributed by atoms with E-state index in [1.165, 1.54) is 22.9 Å². The Hall–Kier alpha value is -2.74. The highest BCUT2D eigenvalue weighted by Crippen LogP contribution is 2.32. The number of hydrogen-bond acceptors (Lipinski definition) is 6. The third kappa shape index (κ3) is 5.33. The molecule has 0 aliphatic carbocycles. The van der Waals surface area contributed by atoms with E-state index in [9.17, 15) is 0 Å². The standard InChI is InChI=1S/C29H33N5OS/c1-2-7-22(8-3-1)19-34-28(31-32-29(34)36-21-26-12-6-18-35-26)24-13-16-33(17-14-24)20-25-10-4-9-23-11-5-15-30-27(23)25/h1-5,7-11,15,24,26H,6,12-14,16-21H2/t26-/m1/s1. The molecule has 0 bridgehead atoms. The van der Waals surface area contributed by atoms with Gasteiger partial charge in [0.15, 0.2) is 5.16 Å². The molecule has 0 radical (unpaired) electrons. The van der Waals surface area contributed by atoms with E-state index >= 15 is 0 Å². The van der Waals surface area contributed by atoms with Crippen molar-refractivity contribution >= 4 is 22.7 Å². The fourth-order valence-electron chi connectivity index (χ4n) is 5.45. The third-order valence-corrected chi connectivity index (χ3v) is 8.51. The highest BCUT2D eigenvalue weighted by atomic mass is 32.2. The summed E-state index contributed by atoms with van der Waals surface area (Å²) in [5.74, 6) is 2.52. The second kappa shape index (κ2) is 11.1. The molecule has 186 valence electrons. The van der Waals surface area contributed by atoms with E-state index in [1.54, 1.807) is 11.8 Å². The van der Waals surface area contributed by atoms with E-state index < -0.39 is 0 Å². The van der Waals surface area contributed by atoms with Crippen LogP contribution in [-0.4, -0.2) is 56.2 Å². The zero-order valence-electron chi connectivity index (χ0n) is 20.6. The topological polar surface area (TPSA) is 56.1 Å². The number of fused-ring (bicyclic) bond motifs is 1. The van der Waals surface area contributed by atoms with Crippen LogP contribution in [0.1, 0.15) is 48.6 Å². The van der Waals surface area contributed by atoms with Crippen molar-refractivity contribution in [1.29, 1.82) is 0 Å². The summed E-state index contributed by atoms with van der Waals surface area (Å²) in [4.78, 5) is 7.21. The van der Waals surface area contributed by atoms with E-state index in [1.807, 2.05) is 12.3 Å². The van der Waals surface area contributed by atoms with Gasteiger partial charge in [-0.15, -0.1) is 10.2 Å². The van der Waals surface area contributed by atoms with Crippen LogP contribution in [0.3, 0.4) is 0 Å². The highest BCUT2D eigenvalue weighted by Gasteiger charge is 2.27. The summed E-state index contributed by atoms with van der Waals surface area (Å²) in [5, 5.41) is 11.7. The summed E-state index contributed by atoms with van der Waals surface area (Å²) in [5.41, 5.74) is 3.72. The van der Waals surface area contributed by atoms with Gasteiger partial charge in [-0.2, -0.15) is 0 Å². The lowest BCUT2D eigenvalue weighted by Crippen LogP contribution is -2.33. The fourth-order valence-corrected chi connectivity index (χ4v) is 6.46. The van der Waals surface area contributed by atoms with Crippen molar-refractivity contribution in [1.82, 2.24) is 24.6 Å². The Bertz CT molecular complexity index is 1270. The fraction of sp³-hybridized carbons (Fsp3) is 0.414. The van der Waals surface area contributed by atoms with Gasteiger partial charge in [-0.05, 0) is 56.0 Å². The first kappa shape index (κ1) is 23.6. The molecule has 2 aromatic heterocycles. The Morgan fingerprint density at radius 3 is 2.58 bits per heavy atom. The van der Waals surface area contributed by atoms with E-state index in [4.69, 9.17) is 9.84 Å². The van der Waals surface area contributed by atoms with Gasteiger partial charge < -0.3 is 9.30 Å². The zero-order chi connectivity index (χ0) is 24.2. The number of nitrogens with zero attached hydrogens (tertiary/aromatic N) is 5. The maximum absolute atomic E-state index is 5.86. The molecule has 36 heavy (non-hydrogen) atoms. The normalized spacial score (nSPS) is 19.3. The summed E-state index contributed by atoms with van der Waals surface area (Å²) in [6.45, 7) is 4.77. The van der Waals surface area contributed by atoms with Gasteiger partial charge in [-0.3, -0.25) is 9.88 Å². The Morgan fingerprint density at radius 2 is 1.75 bits per heavy atom. The summed E-state index contributed by atoms with van der Waals surface area (Å²) < 4.78 is 8.22. The van der Waals surface area contributed by atoms with Gasteiger partial charge >= 0.3 is 0 Å². The molecule has 2 fully saturated rings. The van der Waals surface area contributed by atoms with Crippen LogP contribution < -0.4 is 0 Å². The number of rotatable bonds is 8. The third-order valence-electron chi connectivity index (χ3n) is 7.41. The number of likely N-dealkylation sites (tertiary alicyclic amines) is 1. The Morgan fingerprint density at radius 1 is 0.889 bits per heavy atom. The first-order valence-electron chi connectivity index (χ1n) is 13.1. The number of ether oxygens (including phenoxy) is 1. The van der Waals surface area contributed by atoms with E-state index in [-0.39, 0.29) is 0 Å². The van der Waals surface area contributed by atoms with Gasteiger partial charge in [0, 0.05) is 36.4 Å². The van der Waals surface area contributed by atoms with Crippen LogP contribution >= 0.6 is 11.8 Å². The van der Waals surface area contributed by atoms with Crippen LogP contribution in [0.15, 0.2) is 72.0 Å². The van der Waals surface area contributed by atoms with Crippen LogP contribution in [0.25, 0.3) is 10.9 Å². The number of pyridine rings is 1. The van der Waals surface area contributed by atoms with Crippen molar-refractivity contribution in [3.05, 3.63) is 83.8 Å². The van der Waals surface area contributed by atoms with Crippen LogP contribution in [-0.2, 0) is 17.8 Å². The molecule has 4 heterocycles. The Balaban J connectivity index is 1.16.